The van der Waals surface area contributed by atoms with E-state index in [4.69, 9.17) is 11.6 Å². The van der Waals surface area contributed by atoms with Gasteiger partial charge in [-0.1, -0.05) is 41.6 Å². The Hall–Kier alpha value is -0.970. The third-order valence-electron chi connectivity index (χ3n) is 2.83. The summed E-state index contributed by atoms with van der Waals surface area (Å²) < 4.78 is 3.93. The van der Waals surface area contributed by atoms with E-state index in [2.05, 4.69) is 16.5 Å². The van der Waals surface area contributed by atoms with Crippen molar-refractivity contribution in [1.29, 1.82) is 0 Å². The highest BCUT2D eigenvalue weighted by Crippen LogP contribution is 2.29. The summed E-state index contributed by atoms with van der Waals surface area (Å²) >= 11 is 7.33. The van der Waals surface area contributed by atoms with Gasteiger partial charge in [-0.3, -0.25) is 0 Å². The van der Waals surface area contributed by atoms with Crippen molar-refractivity contribution in [2.24, 2.45) is 0 Å². The van der Waals surface area contributed by atoms with Crippen LogP contribution in [0.2, 0.25) is 5.02 Å². The number of hydrogen-bond acceptors (Lipinski definition) is 4. The van der Waals surface area contributed by atoms with E-state index >= 15 is 0 Å². The van der Waals surface area contributed by atoms with Gasteiger partial charge in [0.2, 0.25) is 0 Å². The summed E-state index contributed by atoms with van der Waals surface area (Å²) in [5.74, 6) is 0. The van der Waals surface area contributed by atoms with Gasteiger partial charge < -0.3 is 5.11 Å². The molecule has 0 spiro atoms. The highest BCUT2D eigenvalue weighted by molar-refractivity contribution is 7.05. The molecule has 0 bridgehead atoms. The summed E-state index contributed by atoms with van der Waals surface area (Å²) in [6.45, 7) is 4.02. The van der Waals surface area contributed by atoms with E-state index in [-0.39, 0.29) is 0 Å². The van der Waals surface area contributed by atoms with Gasteiger partial charge in [-0.05, 0) is 42.1 Å². The number of benzene rings is 1. The molecule has 1 N–H and O–H groups in total. The molecule has 2 rings (SSSR count). The standard InChI is InChI=1S/C13H15ClN2OS/c1-3-4-11-13(18-16-15-11)12(17)9-6-5-8(2)10(14)7-9/h5-7,12,17H,3-4H2,1-2H3. The lowest BCUT2D eigenvalue weighted by Crippen LogP contribution is -2.01. The lowest BCUT2D eigenvalue weighted by molar-refractivity contribution is 0.222. The van der Waals surface area contributed by atoms with Gasteiger partial charge in [-0.2, -0.15) is 0 Å². The van der Waals surface area contributed by atoms with E-state index in [1.165, 1.54) is 11.5 Å². The number of aliphatic hydroxyl groups is 1. The number of aliphatic hydroxyl groups excluding tert-OH is 1. The molecule has 0 amide bonds. The summed E-state index contributed by atoms with van der Waals surface area (Å²) in [5, 5.41) is 15.1. The van der Waals surface area contributed by atoms with Crippen molar-refractivity contribution in [3.05, 3.63) is 44.9 Å². The lowest BCUT2D eigenvalue weighted by atomic mass is 10.0. The van der Waals surface area contributed by atoms with Crippen LogP contribution in [0.25, 0.3) is 0 Å². The number of rotatable bonds is 4. The Balaban J connectivity index is 2.32. The molecule has 0 saturated heterocycles. The van der Waals surface area contributed by atoms with Gasteiger partial charge in [-0.25, -0.2) is 0 Å². The molecular formula is C13H15ClN2OS. The zero-order valence-corrected chi connectivity index (χ0v) is 11.9. The predicted molar refractivity (Wildman–Crippen MR) is 74.2 cm³/mol. The van der Waals surface area contributed by atoms with E-state index in [0.717, 1.165) is 34.5 Å². The van der Waals surface area contributed by atoms with Crippen LogP contribution in [0.1, 0.15) is 41.1 Å². The van der Waals surface area contributed by atoms with Crippen LogP contribution in [-0.4, -0.2) is 14.7 Å². The molecular weight excluding hydrogens is 268 g/mol. The summed E-state index contributed by atoms with van der Waals surface area (Å²) in [6, 6.07) is 5.60. The minimum absolute atomic E-state index is 0.668. The molecule has 1 aromatic heterocycles. The van der Waals surface area contributed by atoms with Crippen LogP contribution in [0, 0.1) is 6.92 Å². The van der Waals surface area contributed by atoms with Crippen molar-refractivity contribution in [2.45, 2.75) is 32.8 Å². The highest BCUT2D eigenvalue weighted by Gasteiger charge is 2.18. The van der Waals surface area contributed by atoms with Crippen molar-refractivity contribution in [3.8, 4) is 0 Å². The SMILES string of the molecule is CCCc1nnsc1C(O)c1ccc(C)c(Cl)c1. The number of aromatic nitrogens is 2. The number of halogens is 1. The second kappa shape index (κ2) is 5.78. The zero-order chi connectivity index (χ0) is 13.1. The quantitative estimate of drug-likeness (QED) is 0.933. The smallest absolute Gasteiger partial charge is 0.117 e. The minimum atomic E-state index is -0.690. The molecule has 96 valence electrons. The minimum Gasteiger partial charge on any atom is -0.383 e. The molecule has 0 aliphatic rings. The van der Waals surface area contributed by atoms with Crippen molar-refractivity contribution in [2.75, 3.05) is 0 Å². The Morgan fingerprint density at radius 3 is 2.89 bits per heavy atom. The highest BCUT2D eigenvalue weighted by atomic mass is 35.5. The molecule has 2 aromatic rings. The Morgan fingerprint density at radius 1 is 1.44 bits per heavy atom. The van der Waals surface area contributed by atoms with Crippen molar-refractivity contribution >= 4 is 23.1 Å². The normalized spacial score (nSPS) is 12.7. The van der Waals surface area contributed by atoms with Crippen LogP contribution in [0.4, 0.5) is 0 Å². The first-order valence-corrected chi connectivity index (χ1v) is 7.03. The van der Waals surface area contributed by atoms with Gasteiger partial charge in [0.05, 0.1) is 10.6 Å². The van der Waals surface area contributed by atoms with Gasteiger partial charge in [0.15, 0.2) is 0 Å². The molecule has 0 aliphatic heterocycles. The lowest BCUT2D eigenvalue weighted by Gasteiger charge is -2.11. The summed E-state index contributed by atoms with van der Waals surface area (Å²) in [5.41, 5.74) is 2.67. The molecule has 0 fully saturated rings. The summed E-state index contributed by atoms with van der Waals surface area (Å²) in [6.07, 6.45) is 1.13. The predicted octanol–water partition coefficient (Wildman–Crippen LogP) is 3.53. The van der Waals surface area contributed by atoms with Crippen LogP contribution in [0.5, 0.6) is 0 Å². The summed E-state index contributed by atoms with van der Waals surface area (Å²) in [4.78, 5) is 0.816. The van der Waals surface area contributed by atoms with E-state index in [1.54, 1.807) is 6.07 Å². The summed E-state index contributed by atoms with van der Waals surface area (Å²) in [7, 11) is 0. The van der Waals surface area contributed by atoms with Crippen molar-refractivity contribution < 1.29 is 5.11 Å². The Labute approximate surface area is 116 Å². The number of nitrogens with zero attached hydrogens (tertiary/aromatic N) is 2. The molecule has 1 atom stereocenters. The van der Waals surface area contributed by atoms with Crippen LogP contribution < -0.4 is 0 Å². The second-order valence-electron chi connectivity index (χ2n) is 4.25. The van der Waals surface area contributed by atoms with Gasteiger partial charge in [-0.15, -0.1) is 5.10 Å². The largest absolute Gasteiger partial charge is 0.383 e. The molecule has 0 saturated carbocycles. The molecule has 1 heterocycles. The van der Waals surface area contributed by atoms with E-state index in [1.807, 2.05) is 19.1 Å². The average Bonchev–Trinajstić information content (AvgIpc) is 2.80. The van der Waals surface area contributed by atoms with Crippen LogP contribution in [0.3, 0.4) is 0 Å². The van der Waals surface area contributed by atoms with Gasteiger partial charge in [0.25, 0.3) is 0 Å². The van der Waals surface area contributed by atoms with E-state index in [0.29, 0.717) is 5.02 Å². The third-order valence-corrected chi connectivity index (χ3v) is 4.06. The zero-order valence-electron chi connectivity index (χ0n) is 10.4. The van der Waals surface area contributed by atoms with E-state index < -0.39 is 6.10 Å². The third kappa shape index (κ3) is 2.71. The molecule has 5 heteroatoms. The molecule has 3 nitrogen and oxygen atoms in total. The molecule has 0 radical (unpaired) electrons. The first-order chi connectivity index (χ1) is 8.63. The fraction of sp³-hybridized carbons (Fsp3) is 0.385. The molecule has 0 aliphatic carbocycles. The molecule has 18 heavy (non-hydrogen) atoms. The fourth-order valence-electron chi connectivity index (χ4n) is 1.76. The molecule has 1 aromatic carbocycles. The topological polar surface area (TPSA) is 46.0 Å². The molecule has 1 unspecified atom stereocenters. The number of aryl methyl sites for hydroxylation is 2. The van der Waals surface area contributed by atoms with Gasteiger partial charge in [0, 0.05) is 5.02 Å². The van der Waals surface area contributed by atoms with Crippen molar-refractivity contribution in [1.82, 2.24) is 9.59 Å². The van der Waals surface area contributed by atoms with Crippen molar-refractivity contribution in [3.63, 3.8) is 0 Å². The maximum Gasteiger partial charge on any atom is 0.117 e. The monoisotopic (exact) mass is 282 g/mol. The van der Waals surface area contributed by atoms with Crippen LogP contribution >= 0.6 is 23.1 Å². The second-order valence-corrected chi connectivity index (χ2v) is 5.44. The first-order valence-electron chi connectivity index (χ1n) is 5.88. The van der Waals surface area contributed by atoms with Crippen LogP contribution in [0.15, 0.2) is 18.2 Å². The fourth-order valence-corrected chi connectivity index (χ4v) is 2.66. The first kappa shape index (κ1) is 13.5. The maximum atomic E-state index is 10.4. The average molecular weight is 283 g/mol. The van der Waals surface area contributed by atoms with Gasteiger partial charge >= 0.3 is 0 Å². The Bertz CT molecular complexity index is 542. The maximum absolute atomic E-state index is 10.4. The van der Waals surface area contributed by atoms with Crippen LogP contribution in [-0.2, 0) is 6.42 Å². The number of hydrogen-bond donors (Lipinski definition) is 1. The Kier molecular flexibility index (Phi) is 4.32. The van der Waals surface area contributed by atoms with E-state index in [9.17, 15) is 5.11 Å². The Morgan fingerprint density at radius 2 is 2.22 bits per heavy atom. The van der Waals surface area contributed by atoms with Gasteiger partial charge in [0.1, 0.15) is 6.10 Å².